The Morgan fingerprint density at radius 3 is 2.00 bits per heavy atom. The summed E-state index contributed by atoms with van der Waals surface area (Å²) in [4.78, 5) is 40.0. The van der Waals surface area contributed by atoms with E-state index in [-0.39, 0.29) is 11.7 Å². The molecule has 1 N–H and O–H groups in total. The van der Waals surface area contributed by atoms with Crippen molar-refractivity contribution >= 4 is 17.5 Å². The molecule has 172 valence electrons. The van der Waals surface area contributed by atoms with Crippen molar-refractivity contribution in [3.05, 3.63) is 128 Å². The van der Waals surface area contributed by atoms with Crippen LogP contribution in [0.5, 0.6) is 0 Å². The predicted octanol–water partition coefficient (Wildman–Crippen LogP) is 4.15. The van der Waals surface area contributed by atoms with E-state index in [2.05, 4.69) is 10.4 Å². The molecule has 0 bridgehead atoms. The summed E-state index contributed by atoms with van der Waals surface area (Å²) in [7, 11) is 0. The van der Waals surface area contributed by atoms with Crippen LogP contribution in [0.25, 0.3) is 5.69 Å². The Labute approximate surface area is 201 Å². The number of hydrogen-bond acceptors (Lipinski definition) is 4. The number of amides is 1. The molecule has 8 heteroatoms. The van der Waals surface area contributed by atoms with Gasteiger partial charge < -0.3 is 5.32 Å². The molecule has 0 saturated heterocycles. The average Bonchev–Trinajstić information content (AvgIpc) is 2.86. The third-order valence-electron chi connectivity index (χ3n) is 5.61. The Morgan fingerprint density at radius 2 is 1.41 bits per heavy atom. The topological polar surface area (TPSA) is 86.0 Å². The molecule has 7 nitrogen and oxygen atoms in total. The van der Waals surface area contributed by atoms with E-state index >= 15 is 0 Å². The number of hydrogen-bond donors (Lipinski definition) is 1. The van der Waals surface area contributed by atoms with E-state index in [0.29, 0.717) is 10.7 Å². The van der Waals surface area contributed by atoms with E-state index in [9.17, 15) is 14.4 Å². The molecule has 0 fully saturated rings. The molecule has 0 radical (unpaired) electrons. The van der Waals surface area contributed by atoms with Crippen LogP contribution in [0.15, 0.2) is 94.5 Å². The van der Waals surface area contributed by atoms with Crippen molar-refractivity contribution in [3.8, 4) is 5.69 Å². The summed E-state index contributed by atoms with van der Waals surface area (Å²) in [5, 5.41) is 7.47. The number of nitrogens with zero attached hydrogens (tertiary/aromatic N) is 3. The molecule has 2 atom stereocenters. The lowest BCUT2D eigenvalue weighted by Gasteiger charge is -2.19. The van der Waals surface area contributed by atoms with E-state index in [1.54, 1.807) is 31.2 Å². The Morgan fingerprint density at radius 1 is 0.853 bits per heavy atom. The third kappa shape index (κ3) is 4.70. The van der Waals surface area contributed by atoms with E-state index in [4.69, 9.17) is 11.6 Å². The van der Waals surface area contributed by atoms with Gasteiger partial charge in [0.1, 0.15) is 0 Å². The van der Waals surface area contributed by atoms with Crippen LogP contribution in [-0.2, 0) is 0 Å². The lowest BCUT2D eigenvalue weighted by Crippen LogP contribution is -2.47. The van der Waals surface area contributed by atoms with Crippen molar-refractivity contribution in [1.82, 2.24) is 19.7 Å². The van der Waals surface area contributed by atoms with Gasteiger partial charge in [-0.15, -0.1) is 0 Å². The fourth-order valence-electron chi connectivity index (χ4n) is 3.69. The number of carbonyl (C=O) groups excluding carboxylic acids is 1. The minimum atomic E-state index is -0.760. The smallest absolute Gasteiger partial charge is 0.344 e. The van der Waals surface area contributed by atoms with E-state index in [1.165, 1.54) is 0 Å². The first-order valence-corrected chi connectivity index (χ1v) is 11.2. The second kappa shape index (κ2) is 9.89. The molecule has 3 aromatic carbocycles. The van der Waals surface area contributed by atoms with Gasteiger partial charge in [-0.05, 0) is 49.2 Å². The highest BCUT2D eigenvalue weighted by molar-refractivity contribution is 6.30. The third-order valence-corrected chi connectivity index (χ3v) is 5.86. The molecule has 0 unspecified atom stereocenters. The maximum Gasteiger partial charge on any atom is 0.352 e. The fraction of sp³-hybridized carbons (Fsp3) is 0.154. The van der Waals surface area contributed by atoms with E-state index in [0.717, 1.165) is 20.4 Å². The van der Waals surface area contributed by atoms with Crippen LogP contribution in [-0.4, -0.2) is 20.3 Å². The molecular formula is C26H23ClN4O3. The molecule has 0 saturated carbocycles. The standard InChI is InChI=1S/C26H23ClN4O3/c1-17(19-9-5-3-6-10-19)28-24(32)23-25(33)30(18(2)20-11-7-4-8-12-20)26(34)31(29-23)22-15-13-21(27)14-16-22/h3-18H,1-2H3,(H,28,32)/t17-,18-/m0/s1. The van der Waals surface area contributed by atoms with Crippen LogP contribution in [0.2, 0.25) is 5.02 Å². The lowest BCUT2D eigenvalue weighted by atomic mass is 10.1. The number of nitrogens with one attached hydrogen (secondary N) is 1. The first-order chi connectivity index (χ1) is 16.4. The second-order valence-corrected chi connectivity index (χ2v) is 8.32. The Kier molecular flexibility index (Phi) is 6.75. The quantitative estimate of drug-likeness (QED) is 0.455. The zero-order chi connectivity index (χ0) is 24.2. The minimum absolute atomic E-state index is 0.370. The van der Waals surface area contributed by atoms with Crippen molar-refractivity contribution in [2.75, 3.05) is 0 Å². The summed E-state index contributed by atoms with van der Waals surface area (Å²) in [6.07, 6.45) is 0. The van der Waals surface area contributed by atoms with Gasteiger partial charge in [0.2, 0.25) is 5.69 Å². The predicted molar refractivity (Wildman–Crippen MR) is 132 cm³/mol. The van der Waals surface area contributed by atoms with Gasteiger partial charge in [0, 0.05) is 5.02 Å². The van der Waals surface area contributed by atoms with Crippen LogP contribution in [0, 0.1) is 0 Å². The Hall–Kier alpha value is -3.97. The maximum absolute atomic E-state index is 13.4. The second-order valence-electron chi connectivity index (χ2n) is 7.89. The van der Waals surface area contributed by atoms with Crippen LogP contribution in [0.4, 0.5) is 0 Å². The summed E-state index contributed by atoms with van der Waals surface area (Å²) in [6, 6.07) is 23.9. The monoisotopic (exact) mass is 474 g/mol. The van der Waals surface area contributed by atoms with Crippen molar-refractivity contribution in [2.45, 2.75) is 25.9 Å². The van der Waals surface area contributed by atoms with Crippen molar-refractivity contribution < 1.29 is 4.79 Å². The molecule has 1 heterocycles. The van der Waals surface area contributed by atoms with Gasteiger partial charge >= 0.3 is 5.69 Å². The maximum atomic E-state index is 13.4. The number of aromatic nitrogens is 3. The lowest BCUT2D eigenvalue weighted by molar-refractivity contribution is 0.0929. The SMILES string of the molecule is C[C@H](NC(=O)c1nn(-c2ccc(Cl)cc2)c(=O)n([C@@H](C)c2ccccc2)c1=O)c1ccccc1. The summed E-state index contributed by atoms with van der Waals surface area (Å²) in [5.41, 5.74) is 0.216. The first-order valence-electron chi connectivity index (χ1n) is 10.8. The molecule has 4 rings (SSSR count). The largest absolute Gasteiger partial charge is 0.352 e. The van der Waals surface area contributed by atoms with E-state index < -0.39 is 23.2 Å². The molecule has 1 amide bonds. The van der Waals surface area contributed by atoms with Gasteiger partial charge in [0.05, 0.1) is 17.8 Å². The molecule has 0 aliphatic rings. The van der Waals surface area contributed by atoms with Crippen molar-refractivity contribution in [1.29, 1.82) is 0 Å². The molecule has 1 aromatic heterocycles. The average molecular weight is 475 g/mol. The normalized spacial score (nSPS) is 12.7. The van der Waals surface area contributed by atoms with Gasteiger partial charge in [-0.2, -0.15) is 9.78 Å². The molecule has 0 aliphatic heterocycles. The molecule has 34 heavy (non-hydrogen) atoms. The minimum Gasteiger partial charge on any atom is -0.344 e. The number of benzene rings is 3. The highest BCUT2D eigenvalue weighted by Gasteiger charge is 2.24. The summed E-state index contributed by atoms with van der Waals surface area (Å²) < 4.78 is 2.11. The highest BCUT2D eigenvalue weighted by atomic mass is 35.5. The number of halogens is 1. The number of carbonyl (C=O) groups is 1. The van der Waals surface area contributed by atoms with Gasteiger partial charge in [0.15, 0.2) is 0 Å². The summed E-state index contributed by atoms with van der Waals surface area (Å²) >= 11 is 6.00. The summed E-state index contributed by atoms with van der Waals surface area (Å²) in [5.74, 6) is -0.668. The number of rotatable bonds is 6. The first kappa shape index (κ1) is 23.2. The Bertz CT molecular complexity index is 1410. The van der Waals surface area contributed by atoms with Crippen LogP contribution in [0.1, 0.15) is 47.5 Å². The van der Waals surface area contributed by atoms with Crippen molar-refractivity contribution in [2.24, 2.45) is 0 Å². The molecule has 4 aromatic rings. The van der Waals surface area contributed by atoms with Gasteiger partial charge in [-0.3, -0.25) is 9.59 Å². The fourth-order valence-corrected chi connectivity index (χ4v) is 3.82. The van der Waals surface area contributed by atoms with E-state index in [1.807, 2.05) is 67.6 Å². The zero-order valence-corrected chi connectivity index (χ0v) is 19.4. The van der Waals surface area contributed by atoms with Gasteiger partial charge in [-0.25, -0.2) is 9.36 Å². The van der Waals surface area contributed by atoms with Crippen molar-refractivity contribution in [3.63, 3.8) is 0 Å². The van der Waals surface area contributed by atoms with Gasteiger partial charge in [-0.1, -0.05) is 72.3 Å². The Balaban J connectivity index is 1.84. The zero-order valence-electron chi connectivity index (χ0n) is 18.7. The van der Waals surface area contributed by atoms with Crippen LogP contribution in [0.3, 0.4) is 0 Å². The molecule has 0 aliphatic carbocycles. The molecule has 0 spiro atoms. The molecular weight excluding hydrogens is 452 g/mol. The summed E-state index contributed by atoms with van der Waals surface area (Å²) in [6.45, 7) is 3.55. The highest BCUT2D eigenvalue weighted by Crippen LogP contribution is 2.16. The van der Waals surface area contributed by atoms with Gasteiger partial charge in [0.25, 0.3) is 11.5 Å². The van der Waals surface area contributed by atoms with Crippen LogP contribution < -0.4 is 16.6 Å². The van der Waals surface area contributed by atoms with Crippen LogP contribution >= 0.6 is 11.6 Å².